The topological polar surface area (TPSA) is 223 Å². The molecule has 5 amide bonds. The summed E-state index contributed by atoms with van der Waals surface area (Å²) in [7, 11) is 0. The largest absolute Gasteiger partial charge is 0.480 e. The van der Waals surface area contributed by atoms with Crippen LogP contribution in [-0.2, 0) is 28.8 Å². The summed E-state index contributed by atoms with van der Waals surface area (Å²) in [6.07, 6.45) is 0.422. The van der Waals surface area contributed by atoms with Crippen LogP contribution in [0.3, 0.4) is 0 Å². The Morgan fingerprint density at radius 3 is 2.09 bits per heavy atom. The van der Waals surface area contributed by atoms with E-state index in [1.165, 1.54) is 0 Å². The van der Waals surface area contributed by atoms with Crippen LogP contribution in [0.25, 0.3) is 0 Å². The number of nitrogens with two attached hydrogens (primary N) is 2. The molecule has 1 aliphatic rings. The molecule has 0 bridgehead atoms. The molecule has 13 heteroatoms. The lowest BCUT2D eigenvalue weighted by molar-refractivity contribution is -0.143. The van der Waals surface area contributed by atoms with Crippen LogP contribution in [0.1, 0.15) is 46.0 Å². The number of amides is 5. The van der Waals surface area contributed by atoms with Gasteiger partial charge in [-0.2, -0.15) is 0 Å². The predicted octanol–water partition coefficient (Wildman–Crippen LogP) is -2.93. The van der Waals surface area contributed by atoms with E-state index in [0.29, 0.717) is 13.0 Å². The highest BCUT2D eigenvalue weighted by molar-refractivity contribution is 5.96. The number of hydrogen-bond donors (Lipinski definition) is 7. The van der Waals surface area contributed by atoms with E-state index in [4.69, 9.17) is 11.5 Å². The first-order valence-electron chi connectivity index (χ1n) is 10.4. The van der Waals surface area contributed by atoms with Crippen LogP contribution in [-0.4, -0.2) is 71.3 Å². The van der Waals surface area contributed by atoms with E-state index in [1.54, 1.807) is 13.8 Å². The van der Waals surface area contributed by atoms with Crippen molar-refractivity contribution in [3.05, 3.63) is 0 Å². The molecule has 32 heavy (non-hydrogen) atoms. The van der Waals surface area contributed by atoms with Gasteiger partial charge < -0.3 is 37.8 Å². The lowest BCUT2D eigenvalue weighted by Crippen LogP contribution is -2.59. The number of carbonyl (C=O) groups is 6. The summed E-state index contributed by atoms with van der Waals surface area (Å²) in [4.78, 5) is 71.5. The van der Waals surface area contributed by atoms with Gasteiger partial charge in [-0.15, -0.1) is 0 Å². The second kappa shape index (κ2) is 12.6. The number of hydrogen-bond acceptors (Lipinski definition) is 7. The number of primary amides is 2. The molecule has 180 valence electrons. The summed E-state index contributed by atoms with van der Waals surface area (Å²) in [6.45, 7) is 3.89. The Morgan fingerprint density at radius 1 is 0.969 bits per heavy atom. The monoisotopic (exact) mass is 456 g/mol. The molecule has 4 unspecified atom stereocenters. The number of nitrogens with one attached hydrogen (secondary N) is 4. The van der Waals surface area contributed by atoms with Crippen LogP contribution in [0.5, 0.6) is 0 Å². The molecular formula is C19H32N6O7. The highest BCUT2D eigenvalue weighted by Gasteiger charge is 2.33. The molecule has 1 fully saturated rings. The van der Waals surface area contributed by atoms with Crippen molar-refractivity contribution in [2.45, 2.75) is 70.1 Å². The molecule has 0 saturated carbocycles. The third-order valence-electron chi connectivity index (χ3n) is 4.96. The van der Waals surface area contributed by atoms with E-state index < -0.39 is 72.0 Å². The third kappa shape index (κ3) is 8.88. The molecule has 1 rings (SSSR count). The summed E-state index contributed by atoms with van der Waals surface area (Å²) in [5.74, 6) is -5.46. The molecule has 1 aliphatic heterocycles. The molecule has 4 atom stereocenters. The molecule has 0 aromatic heterocycles. The van der Waals surface area contributed by atoms with Gasteiger partial charge in [0.15, 0.2) is 0 Å². The molecule has 0 spiro atoms. The summed E-state index contributed by atoms with van der Waals surface area (Å²) in [6, 6.07) is -4.36. The molecule has 0 aromatic rings. The average Bonchev–Trinajstić information content (AvgIpc) is 3.22. The van der Waals surface area contributed by atoms with E-state index in [1.807, 2.05) is 0 Å². The van der Waals surface area contributed by atoms with Gasteiger partial charge in [0.2, 0.25) is 29.5 Å². The van der Waals surface area contributed by atoms with Crippen molar-refractivity contribution >= 4 is 35.5 Å². The summed E-state index contributed by atoms with van der Waals surface area (Å²) >= 11 is 0. The average molecular weight is 457 g/mol. The number of carbonyl (C=O) groups excluding carboxylic acids is 5. The Bertz CT molecular complexity index is 736. The Kier molecular flexibility index (Phi) is 10.5. The Labute approximate surface area is 185 Å². The van der Waals surface area contributed by atoms with Crippen LogP contribution in [0.15, 0.2) is 0 Å². The van der Waals surface area contributed by atoms with E-state index in [0.717, 1.165) is 6.42 Å². The molecule has 0 radical (unpaired) electrons. The minimum atomic E-state index is -1.39. The maximum atomic E-state index is 12.8. The first-order chi connectivity index (χ1) is 14.9. The number of rotatable bonds is 13. The second-order valence-corrected chi connectivity index (χ2v) is 8.02. The van der Waals surface area contributed by atoms with Gasteiger partial charge in [-0.3, -0.25) is 24.0 Å². The standard InChI is InChI=1S/C19H32N6O7/c1-9(2)15(18(30)23-11(19(31)32)5-6-13(20)26)25-17(29)12(8-14(21)27)24-16(28)10-4-3-7-22-10/h9-12,15,22H,3-8H2,1-2H3,(H2,20,26)(H2,21,27)(H,23,30)(H,24,28)(H,25,29)(H,31,32). The van der Waals surface area contributed by atoms with Gasteiger partial charge in [0.25, 0.3) is 0 Å². The fourth-order valence-corrected chi connectivity index (χ4v) is 3.19. The van der Waals surface area contributed by atoms with Gasteiger partial charge in [-0.25, -0.2) is 4.79 Å². The summed E-state index contributed by atoms with van der Waals surface area (Å²) in [5.41, 5.74) is 10.2. The van der Waals surface area contributed by atoms with Crippen molar-refractivity contribution in [3.8, 4) is 0 Å². The SMILES string of the molecule is CC(C)C(NC(=O)C(CC(N)=O)NC(=O)C1CCCN1)C(=O)NC(CCC(N)=O)C(=O)O. The van der Waals surface area contributed by atoms with Crippen LogP contribution in [0.2, 0.25) is 0 Å². The fourth-order valence-electron chi connectivity index (χ4n) is 3.19. The lowest BCUT2D eigenvalue weighted by Gasteiger charge is -2.26. The molecule has 13 nitrogen and oxygen atoms in total. The van der Waals surface area contributed by atoms with Gasteiger partial charge in [0, 0.05) is 6.42 Å². The fraction of sp³-hybridized carbons (Fsp3) is 0.684. The Hall–Kier alpha value is -3.22. The minimum Gasteiger partial charge on any atom is -0.480 e. The first kappa shape index (κ1) is 26.8. The quantitative estimate of drug-likeness (QED) is 0.152. The molecular weight excluding hydrogens is 424 g/mol. The number of aliphatic carboxylic acids is 1. The summed E-state index contributed by atoms with van der Waals surface area (Å²) < 4.78 is 0. The van der Waals surface area contributed by atoms with Crippen LogP contribution in [0.4, 0.5) is 0 Å². The predicted molar refractivity (Wildman–Crippen MR) is 112 cm³/mol. The van der Waals surface area contributed by atoms with Gasteiger partial charge >= 0.3 is 5.97 Å². The van der Waals surface area contributed by atoms with Crippen molar-refractivity contribution in [1.29, 1.82) is 0 Å². The zero-order chi connectivity index (χ0) is 24.4. The van der Waals surface area contributed by atoms with Crippen LogP contribution < -0.4 is 32.7 Å². The molecule has 1 saturated heterocycles. The number of carboxylic acid groups (broad SMARTS) is 1. The zero-order valence-corrected chi connectivity index (χ0v) is 18.2. The van der Waals surface area contributed by atoms with E-state index in [9.17, 15) is 33.9 Å². The molecule has 9 N–H and O–H groups in total. The number of carboxylic acids is 1. The Morgan fingerprint density at radius 2 is 1.62 bits per heavy atom. The normalized spacial score (nSPS) is 18.3. The van der Waals surface area contributed by atoms with Crippen molar-refractivity contribution < 1.29 is 33.9 Å². The molecule has 0 aromatic carbocycles. The van der Waals surface area contributed by atoms with Crippen molar-refractivity contribution in [3.63, 3.8) is 0 Å². The van der Waals surface area contributed by atoms with Crippen molar-refractivity contribution in [2.75, 3.05) is 6.54 Å². The van der Waals surface area contributed by atoms with Gasteiger partial charge in [0.05, 0.1) is 12.5 Å². The maximum absolute atomic E-state index is 12.8. The smallest absolute Gasteiger partial charge is 0.326 e. The second-order valence-electron chi connectivity index (χ2n) is 8.02. The van der Waals surface area contributed by atoms with Crippen LogP contribution >= 0.6 is 0 Å². The lowest BCUT2D eigenvalue weighted by atomic mass is 10.0. The third-order valence-corrected chi connectivity index (χ3v) is 4.96. The van der Waals surface area contributed by atoms with Crippen molar-refractivity contribution in [2.24, 2.45) is 17.4 Å². The Balaban J connectivity index is 2.88. The molecule has 0 aliphatic carbocycles. The van der Waals surface area contributed by atoms with Gasteiger partial charge in [-0.1, -0.05) is 13.8 Å². The molecule has 1 heterocycles. The summed E-state index contributed by atoms with van der Waals surface area (Å²) in [5, 5.41) is 19.4. The van der Waals surface area contributed by atoms with Gasteiger partial charge in [-0.05, 0) is 31.7 Å². The minimum absolute atomic E-state index is 0.218. The highest BCUT2D eigenvalue weighted by Crippen LogP contribution is 2.08. The van der Waals surface area contributed by atoms with Crippen LogP contribution in [0, 0.1) is 5.92 Å². The van der Waals surface area contributed by atoms with E-state index in [-0.39, 0.29) is 12.8 Å². The maximum Gasteiger partial charge on any atom is 0.326 e. The zero-order valence-electron chi connectivity index (χ0n) is 18.2. The highest BCUT2D eigenvalue weighted by atomic mass is 16.4. The van der Waals surface area contributed by atoms with E-state index >= 15 is 0 Å². The van der Waals surface area contributed by atoms with Crippen molar-refractivity contribution in [1.82, 2.24) is 21.3 Å². The van der Waals surface area contributed by atoms with Gasteiger partial charge in [0.1, 0.15) is 18.1 Å². The van der Waals surface area contributed by atoms with E-state index in [2.05, 4.69) is 21.3 Å². The first-order valence-corrected chi connectivity index (χ1v) is 10.4.